The number of amides is 1. The first-order valence-corrected chi connectivity index (χ1v) is 7.32. The molecule has 1 aromatic carbocycles. The van der Waals surface area contributed by atoms with Crippen LogP contribution in [0.15, 0.2) is 33.6 Å². The molecule has 0 saturated carbocycles. The van der Waals surface area contributed by atoms with E-state index in [2.05, 4.69) is 25.4 Å². The number of carbonyl (C=O) groups is 1. The van der Waals surface area contributed by atoms with E-state index in [9.17, 15) is 13.2 Å². The van der Waals surface area contributed by atoms with E-state index >= 15 is 0 Å². The molecule has 0 heterocycles. The Morgan fingerprint density at radius 2 is 1.94 bits per heavy atom. The van der Waals surface area contributed by atoms with Crippen LogP contribution in [-0.2, 0) is 14.3 Å². The molecule has 1 amide bonds. The van der Waals surface area contributed by atoms with E-state index in [1.807, 2.05) is 0 Å². The molecular weight excluding hydrogens is 322 g/mol. The largest absolute Gasteiger partial charge is 0.423 e. The Bertz CT molecular complexity index is 548. The number of carbonyl (C=O) groups excluding carboxylic acids is 1. The standard InChI is InChI=1S/C11H14BrNO4S/c1-11(2,3)13-10(14)17-18(15,16)9-6-4-5-8(12)7-9/h4-7H,1-3H3,(H,13,14). The average molecular weight is 336 g/mol. The van der Waals surface area contributed by atoms with Gasteiger partial charge in [-0.05, 0) is 39.0 Å². The van der Waals surface area contributed by atoms with Crippen molar-refractivity contribution in [3.63, 3.8) is 0 Å². The summed E-state index contributed by atoms with van der Waals surface area (Å²) in [5.74, 6) is 0. The molecule has 1 N–H and O–H groups in total. The smallest absolute Gasteiger partial charge is 0.324 e. The van der Waals surface area contributed by atoms with Gasteiger partial charge in [0.15, 0.2) is 0 Å². The minimum Gasteiger partial charge on any atom is -0.324 e. The van der Waals surface area contributed by atoms with Crippen molar-refractivity contribution in [1.82, 2.24) is 5.32 Å². The zero-order valence-corrected chi connectivity index (χ0v) is 12.6. The predicted octanol–water partition coefficient (Wildman–Crippen LogP) is 2.66. The molecule has 0 unspecified atom stereocenters. The van der Waals surface area contributed by atoms with Gasteiger partial charge in [0.05, 0.1) is 0 Å². The minimum absolute atomic E-state index is 0.0825. The van der Waals surface area contributed by atoms with Crippen LogP contribution < -0.4 is 5.32 Å². The van der Waals surface area contributed by atoms with Crippen molar-refractivity contribution < 1.29 is 17.4 Å². The second-order valence-electron chi connectivity index (χ2n) is 4.66. The van der Waals surface area contributed by atoms with E-state index in [-0.39, 0.29) is 4.90 Å². The molecule has 18 heavy (non-hydrogen) atoms. The van der Waals surface area contributed by atoms with Gasteiger partial charge in [-0.2, -0.15) is 8.42 Å². The molecule has 0 fully saturated rings. The molecule has 0 aliphatic rings. The van der Waals surface area contributed by atoms with E-state index in [1.54, 1.807) is 32.9 Å². The number of rotatable bonds is 2. The highest BCUT2D eigenvalue weighted by Gasteiger charge is 2.23. The number of hydrogen-bond donors (Lipinski definition) is 1. The van der Waals surface area contributed by atoms with Crippen LogP contribution in [0.1, 0.15) is 20.8 Å². The first-order chi connectivity index (χ1) is 8.10. The number of hydrogen-bond acceptors (Lipinski definition) is 4. The molecule has 1 rings (SSSR count). The number of benzene rings is 1. The van der Waals surface area contributed by atoms with Gasteiger partial charge in [0.2, 0.25) is 0 Å². The summed E-state index contributed by atoms with van der Waals surface area (Å²) in [4.78, 5) is 11.3. The van der Waals surface area contributed by atoms with E-state index < -0.39 is 21.8 Å². The molecule has 0 radical (unpaired) electrons. The first-order valence-electron chi connectivity index (χ1n) is 5.12. The summed E-state index contributed by atoms with van der Waals surface area (Å²) in [6, 6.07) is 5.93. The monoisotopic (exact) mass is 335 g/mol. The lowest BCUT2D eigenvalue weighted by molar-refractivity contribution is 0.193. The number of nitrogens with one attached hydrogen (secondary N) is 1. The Morgan fingerprint density at radius 1 is 1.33 bits per heavy atom. The van der Waals surface area contributed by atoms with Crippen molar-refractivity contribution in [3.8, 4) is 0 Å². The molecule has 0 spiro atoms. The van der Waals surface area contributed by atoms with E-state index in [4.69, 9.17) is 0 Å². The van der Waals surface area contributed by atoms with Crippen LogP contribution in [0.5, 0.6) is 0 Å². The van der Waals surface area contributed by atoms with Crippen molar-refractivity contribution in [2.75, 3.05) is 0 Å². The third kappa shape index (κ3) is 4.66. The van der Waals surface area contributed by atoms with Gasteiger partial charge in [0, 0.05) is 10.0 Å². The maximum atomic E-state index is 11.8. The van der Waals surface area contributed by atoms with Gasteiger partial charge < -0.3 is 9.50 Å². The van der Waals surface area contributed by atoms with Crippen molar-refractivity contribution >= 4 is 32.1 Å². The van der Waals surface area contributed by atoms with Crippen molar-refractivity contribution in [2.45, 2.75) is 31.2 Å². The van der Waals surface area contributed by atoms with E-state index in [0.29, 0.717) is 4.47 Å². The fourth-order valence-electron chi connectivity index (χ4n) is 1.10. The van der Waals surface area contributed by atoms with Crippen LogP contribution in [0.2, 0.25) is 0 Å². The Balaban J connectivity index is 2.87. The maximum absolute atomic E-state index is 11.8. The Kier molecular flexibility index (Phi) is 4.39. The molecule has 0 atom stereocenters. The van der Waals surface area contributed by atoms with Gasteiger partial charge in [-0.1, -0.05) is 22.0 Å². The normalized spacial score (nSPS) is 12.0. The molecule has 7 heteroatoms. The SMILES string of the molecule is CC(C)(C)NC(=O)OS(=O)(=O)c1cccc(Br)c1. The van der Waals surface area contributed by atoms with Crippen molar-refractivity contribution in [2.24, 2.45) is 0 Å². The van der Waals surface area contributed by atoms with Crippen LogP contribution in [0.25, 0.3) is 0 Å². The summed E-state index contributed by atoms with van der Waals surface area (Å²) in [6.45, 7) is 5.17. The summed E-state index contributed by atoms with van der Waals surface area (Å²) in [5.41, 5.74) is -0.566. The maximum Gasteiger partial charge on any atom is 0.423 e. The quantitative estimate of drug-likeness (QED) is 0.843. The Labute approximate surface area is 115 Å². The van der Waals surface area contributed by atoms with E-state index in [1.165, 1.54) is 12.1 Å². The summed E-state index contributed by atoms with van der Waals surface area (Å²) in [5, 5.41) is 2.41. The van der Waals surface area contributed by atoms with Crippen LogP contribution >= 0.6 is 15.9 Å². The third-order valence-electron chi connectivity index (χ3n) is 1.75. The van der Waals surface area contributed by atoms with Gasteiger partial charge >= 0.3 is 16.2 Å². The summed E-state index contributed by atoms with van der Waals surface area (Å²) >= 11 is 3.15. The Hall–Kier alpha value is -1.08. The average Bonchev–Trinajstić information content (AvgIpc) is 2.13. The van der Waals surface area contributed by atoms with Crippen LogP contribution in [0.3, 0.4) is 0 Å². The number of halogens is 1. The highest BCUT2D eigenvalue weighted by molar-refractivity contribution is 9.10. The lowest BCUT2D eigenvalue weighted by Gasteiger charge is -2.19. The zero-order valence-electron chi connectivity index (χ0n) is 10.2. The summed E-state index contributed by atoms with van der Waals surface area (Å²) in [7, 11) is -4.10. The topological polar surface area (TPSA) is 72.5 Å². The molecular formula is C11H14BrNO4S. The highest BCUT2D eigenvalue weighted by Crippen LogP contribution is 2.18. The fraction of sp³-hybridized carbons (Fsp3) is 0.364. The molecule has 5 nitrogen and oxygen atoms in total. The van der Waals surface area contributed by atoms with Crippen LogP contribution in [0.4, 0.5) is 4.79 Å². The second-order valence-corrected chi connectivity index (χ2v) is 7.12. The zero-order chi connectivity index (χ0) is 14.0. The fourth-order valence-corrected chi connectivity index (χ4v) is 2.50. The van der Waals surface area contributed by atoms with Gasteiger partial charge in [-0.25, -0.2) is 4.79 Å². The van der Waals surface area contributed by atoms with E-state index in [0.717, 1.165) is 0 Å². The molecule has 0 aromatic heterocycles. The Morgan fingerprint density at radius 3 is 2.44 bits per heavy atom. The highest BCUT2D eigenvalue weighted by atomic mass is 79.9. The van der Waals surface area contributed by atoms with Crippen molar-refractivity contribution in [1.29, 1.82) is 0 Å². The third-order valence-corrected chi connectivity index (χ3v) is 3.44. The van der Waals surface area contributed by atoms with Crippen LogP contribution in [-0.4, -0.2) is 20.0 Å². The molecule has 0 aliphatic heterocycles. The molecule has 0 bridgehead atoms. The van der Waals surface area contributed by atoms with Gasteiger partial charge in [0.25, 0.3) is 0 Å². The molecule has 0 aliphatic carbocycles. The lowest BCUT2D eigenvalue weighted by Crippen LogP contribution is -2.41. The molecule has 1 aromatic rings. The first kappa shape index (κ1) is 15.0. The lowest BCUT2D eigenvalue weighted by atomic mass is 10.1. The van der Waals surface area contributed by atoms with Gasteiger partial charge in [0.1, 0.15) is 4.90 Å². The second kappa shape index (κ2) is 5.27. The minimum atomic E-state index is -4.10. The van der Waals surface area contributed by atoms with Crippen LogP contribution in [0, 0.1) is 0 Å². The van der Waals surface area contributed by atoms with Gasteiger partial charge in [-0.3, -0.25) is 0 Å². The molecule has 0 saturated heterocycles. The molecule has 100 valence electrons. The van der Waals surface area contributed by atoms with Gasteiger partial charge in [-0.15, -0.1) is 0 Å². The van der Waals surface area contributed by atoms with Crippen molar-refractivity contribution in [3.05, 3.63) is 28.7 Å². The summed E-state index contributed by atoms with van der Waals surface area (Å²) < 4.78 is 28.6. The predicted molar refractivity (Wildman–Crippen MR) is 70.7 cm³/mol. The summed E-state index contributed by atoms with van der Waals surface area (Å²) in [6.07, 6.45) is -0.998.